The number of amides is 3. The number of benzene rings is 1. The number of hydrogen-bond acceptors (Lipinski definition) is 6. The monoisotopic (exact) mass is 380 g/mol. The lowest BCUT2D eigenvalue weighted by atomic mass is 10.1. The van der Waals surface area contributed by atoms with Gasteiger partial charge in [-0.2, -0.15) is 0 Å². The van der Waals surface area contributed by atoms with Crippen LogP contribution >= 0.6 is 23.4 Å². The third-order valence-electron chi connectivity index (χ3n) is 3.04. The summed E-state index contributed by atoms with van der Waals surface area (Å²) in [5.41, 5.74) is 5.55. The SMILES string of the molecule is C#CCOc1c(Cl)cc(/C=C2\SC(=O)N(CC(N)=O)C2=O)cc1OC. The molecule has 2 rings (SSSR count). The standard InChI is InChI=1S/C16H13ClN2O5S/c1-3-4-24-14-10(17)5-9(6-11(14)23-2)7-12-15(21)19(8-13(18)20)16(22)25-12/h1,5-7H,4,8H2,2H3,(H2,18,20)/b12-7-. The van der Waals surface area contributed by atoms with Gasteiger partial charge in [0.2, 0.25) is 5.91 Å². The average molecular weight is 381 g/mol. The van der Waals surface area contributed by atoms with Gasteiger partial charge in [0.05, 0.1) is 17.0 Å². The molecule has 130 valence electrons. The van der Waals surface area contributed by atoms with Crippen LogP contribution in [0.25, 0.3) is 6.08 Å². The van der Waals surface area contributed by atoms with Crippen molar-refractivity contribution in [2.75, 3.05) is 20.3 Å². The Kier molecular flexibility index (Phi) is 5.96. The first-order valence-electron chi connectivity index (χ1n) is 6.84. The van der Waals surface area contributed by atoms with Crippen LogP contribution in [-0.2, 0) is 9.59 Å². The largest absolute Gasteiger partial charge is 0.493 e. The smallest absolute Gasteiger partial charge is 0.294 e. The predicted octanol–water partition coefficient (Wildman–Crippen LogP) is 1.88. The van der Waals surface area contributed by atoms with Gasteiger partial charge in [-0.3, -0.25) is 19.3 Å². The summed E-state index contributed by atoms with van der Waals surface area (Å²) in [6.45, 7) is -0.452. The van der Waals surface area contributed by atoms with Crippen LogP contribution < -0.4 is 15.2 Å². The van der Waals surface area contributed by atoms with Crippen molar-refractivity contribution in [1.29, 1.82) is 0 Å². The molecule has 1 fully saturated rings. The second kappa shape index (κ2) is 7.96. The fourth-order valence-electron chi connectivity index (χ4n) is 2.02. The fourth-order valence-corrected chi connectivity index (χ4v) is 3.13. The number of nitrogens with two attached hydrogens (primary N) is 1. The van der Waals surface area contributed by atoms with E-state index in [1.807, 2.05) is 0 Å². The molecule has 0 bridgehead atoms. The predicted molar refractivity (Wildman–Crippen MR) is 94.2 cm³/mol. The van der Waals surface area contributed by atoms with E-state index in [1.165, 1.54) is 19.3 Å². The molecule has 25 heavy (non-hydrogen) atoms. The van der Waals surface area contributed by atoms with Gasteiger partial charge < -0.3 is 15.2 Å². The maximum atomic E-state index is 12.2. The van der Waals surface area contributed by atoms with Crippen LogP contribution in [0.1, 0.15) is 5.56 Å². The first kappa shape index (κ1) is 18.7. The van der Waals surface area contributed by atoms with Crippen molar-refractivity contribution in [3.8, 4) is 23.8 Å². The van der Waals surface area contributed by atoms with Crippen LogP contribution in [0.4, 0.5) is 4.79 Å². The lowest BCUT2D eigenvalue weighted by molar-refractivity contribution is -0.127. The highest BCUT2D eigenvalue weighted by molar-refractivity contribution is 8.18. The minimum absolute atomic E-state index is 0.0153. The minimum Gasteiger partial charge on any atom is -0.493 e. The quantitative estimate of drug-likeness (QED) is 0.597. The Morgan fingerprint density at radius 1 is 1.48 bits per heavy atom. The Bertz CT molecular complexity index is 815. The summed E-state index contributed by atoms with van der Waals surface area (Å²) < 4.78 is 10.5. The van der Waals surface area contributed by atoms with Gasteiger partial charge in [-0.15, -0.1) is 6.42 Å². The Hall–Kier alpha value is -2.63. The Morgan fingerprint density at radius 3 is 2.80 bits per heavy atom. The van der Waals surface area contributed by atoms with E-state index in [2.05, 4.69) is 5.92 Å². The van der Waals surface area contributed by atoms with E-state index in [0.717, 1.165) is 4.90 Å². The number of halogens is 1. The van der Waals surface area contributed by atoms with Crippen molar-refractivity contribution in [2.24, 2.45) is 5.73 Å². The van der Waals surface area contributed by atoms with Gasteiger partial charge in [-0.25, -0.2) is 0 Å². The number of imide groups is 1. The zero-order chi connectivity index (χ0) is 18.6. The molecule has 0 saturated carbocycles. The molecule has 0 aromatic heterocycles. The average Bonchev–Trinajstić information content (AvgIpc) is 2.80. The van der Waals surface area contributed by atoms with E-state index in [4.69, 9.17) is 33.2 Å². The molecule has 0 radical (unpaired) electrons. The van der Waals surface area contributed by atoms with Crippen molar-refractivity contribution in [2.45, 2.75) is 0 Å². The molecular formula is C16H13ClN2O5S. The summed E-state index contributed by atoms with van der Waals surface area (Å²) in [6, 6.07) is 3.12. The molecule has 0 unspecified atom stereocenters. The van der Waals surface area contributed by atoms with E-state index in [0.29, 0.717) is 23.1 Å². The zero-order valence-corrected chi connectivity index (χ0v) is 14.6. The molecule has 0 atom stereocenters. The lowest BCUT2D eigenvalue weighted by Crippen LogP contribution is -2.36. The first-order chi connectivity index (χ1) is 11.9. The van der Waals surface area contributed by atoms with E-state index >= 15 is 0 Å². The normalized spacial score (nSPS) is 15.4. The molecule has 9 heteroatoms. The Labute approximate surface area is 153 Å². The number of carbonyl (C=O) groups is 3. The number of methoxy groups -OCH3 is 1. The third-order valence-corrected chi connectivity index (χ3v) is 4.23. The van der Waals surface area contributed by atoms with Gasteiger partial charge in [-0.1, -0.05) is 17.5 Å². The van der Waals surface area contributed by atoms with E-state index in [-0.39, 0.29) is 22.3 Å². The van der Waals surface area contributed by atoms with Crippen molar-refractivity contribution >= 4 is 46.5 Å². The van der Waals surface area contributed by atoms with E-state index < -0.39 is 23.6 Å². The van der Waals surface area contributed by atoms with Gasteiger partial charge in [-0.05, 0) is 35.5 Å². The number of thioether (sulfide) groups is 1. The number of rotatable bonds is 6. The summed E-state index contributed by atoms with van der Waals surface area (Å²) in [4.78, 5) is 35.9. The topological polar surface area (TPSA) is 98.9 Å². The summed E-state index contributed by atoms with van der Waals surface area (Å²) in [6.07, 6.45) is 6.62. The highest BCUT2D eigenvalue weighted by Gasteiger charge is 2.35. The molecule has 2 N–H and O–H groups in total. The summed E-state index contributed by atoms with van der Waals surface area (Å²) >= 11 is 6.87. The van der Waals surface area contributed by atoms with Gasteiger partial charge in [0.15, 0.2) is 11.5 Å². The number of primary amides is 1. The molecule has 1 aromatic rings. The fraction of sp³-hybridized carbons (Fsp3) is 0.188. The van der Waals surface area contributed by atoms with Gasteiger partial charge in [0.1, 0.15) is 13.2 Å². The molecule has 0 aliphatic carbocycles. The Balaban J connectivity index is 2.34. The highest BCUT2D eigenvalue weighted by Crippen LogP contribution is 2.38. The molecule has 1 saturated heterocycles. The molecule has 1 aromatic carbocycles. The number of terminal acetylenes is 1. The second-order valence-corrected chi connectivity index (χ2v) is 6.16. The molecule has 3 amide bonds. The van der Waals surface area contributed by atoms with Crippen LogP contribution in [0.2, 0.25) is 5.02 Å². The maximum absolute atomic E-state index is 12.2. The number of nitrogens with zero attached hydrogens (tertiary/aromatic N) is 1. The molecule has 1 aliphatic rings. The highest BCUT2D eigenvalue weighted by atomic mass is 35.5. The first-order valence-corrected chi connectivity index (χ1v) is 8.04. The van der Waals surface area contributed by atoms with Crippen LogP contribution in [0.5, 0.6) is 11.5 Å². The third kappa shape index (κ3) is 4.26. The molecule has 7 nitrogen and oxygen atoms in total. The van der Waals surface area contributed by atoms with Gasteiger partial charge >= 0.3 is 0 Å². The summed E-state index contributed by atoms with van der Waals surface area (Å²) in [5, 5.41) is -0.334. The molecule has 1 heterocycles. The van der Waals surface area contributed by atoms with Crippen molar-refractivity contribution in [3.05, 3.63) is 27.6 Å². The zero-order valence-electron chi connectivity index (χ0n) is 13.1. The summed E-state index contributed by atoms with van der Waals surface area (Å²) in [7, 11) is 1.43. The van der Waals surface area contributed by atoms with Crippen LogP contribution in [0.3, 0.4) is 0 Å². The van der Waals surface area contributed by atoms with Gasteiger partial charge in [0.25, 0.3) is 11.1 Å². The van der Waals surface area contributed by atoms with E-state index in [1.54, 1.807) is 6.07 Å². The maximum Gasteiger partial charge on any atom is 0.294 e. The van der Waals surface area contributed by atoms with Gasteiger partial charge in [0, 0.05) is 0 Å². The van der Waals surface area contributed by atoms with Crippen LogP contribution in [0.15, 0.2) is 17.0 Å². The van der Waals surface area contributed by atoms with Crippen LogP contribution in [-0.4, -0.2) is 42.2 Å². The number of hydrogen-bond donors (Lipinski definition) is 1. The minimum atomic E-state index is -0.775. The van der Waals surface area contributed by atoms with Crippen LogP contribution in [0, 0.1) is 12.3 Å². The van der Waals surface area contributed by atoms with Crippen molar-refractivity contribution < 1.29 is 23.9 Å². The summed E-state index contributed by atoms with van der Waals surface area (Å²) in [5.74, 6) is 1.55. The number of ether oxygens (including phenoxy) is 2. The van der Waals surface area contributed by atoms with Crippen molar-refractivity contribution in [1.82, 2.24) is 4.90 Å². The lowest BCUT2D eigenvalue weighted by Gasteiger charge is -2.12. The van der Waals surface area contributed by atoms with Crippen molar-refractivity contribution in [3.63, 3.8) is 0 Å². The van der Waals surface area contributed by atoms with E-state index in [9.17, 15) is 14.4 Å². The second-order valence-electron chi connectivity index (χ2n) is 4.76. The molecular weight excluding hydrogens is 368 g/mol. The molecule has 1 aliphatic heterocycles. The number of carbonyl (C=O) groups excluding carboxylic acids is 3. The Morgan fingerprint density at radius 2 is 2.20 bits per heavy atom. The molecule has 0 spiro atoms.